The van der Waals surface area contributed by atoms with Gasteiger partial charge in [-0.25, -0.2) is 0 Å². The van der Waals surface area contributed by atoms with E-state index in [9.17, 15) is 5.11 Å². The van der Waals surface area contributed by atoms with Crippen LogP contribution in [0.15, 0.2) is 0 Å². The monoisotopic (exact) mass is 212 g/mol. The molecule has 0 amide bonds. The third-order valence-corrected chi connectivity index (χ3v) is 4.20. The van der Waals surface area contributed by atoms with Crippen LogP contribution in [0.3, 0.4) is 0 Å². The fraction of sp³-hybridized carbons (Fsp3) is 1.00. The zero-order valence-corrected chi connectivity index (χ0v) is 10.2. The maximum atomic E-state index is 10.4. The molecule has 3 heteroatoms. The smallest absolute Gasteiger partial charge is 0.0646 e. The Bertz CT molecular complexity index is 230. The van der Waals surface area contributed by atoms with E-state index in [1.807, 2.05) is 0 Å². The Balaban J connectivity index is 2.02. The molecule has 3 atom stereocenters. The molecule has 2 N–H and O–H groups in total. The summed E-state index contributed by atoms with van der Waals surface area (Å²) in [5.74, 6) is 1.12. The lowest BCUT2D eigenvalue weighted by atomic mass is 9.71. The first-order chi connectivity index (χ1) is 7.00. The van der Waals surface area contributed by atoms with Crippen molar-refractivity contribution < 1.29 is 5.11 Å². The number of hydrogen-bond donors (Lipinski definition) is 2. The molecule has 2 rings (SSSR count). The maximum Gasteiger partial charge on any atom is 0.0646 e. The second-order valence-electron chi connectivity index (χ2n) is 6.04. The Morgan fingerprint density at radius 2 is 2.13 bits per heavy atom. The molecule has 15 heavy (non-hydrogen) atoms. The minimum atomic E-state index is -0.143. The Morgan fingerprint density at radius 1 is 1.40 bits per heavy atom. The van der Waals surface area contributed by atoms with Gasteiger partial charge in [0.1, 0.15) is 0 Å². The van der Waals surface area contributed by atoms with Gasteiger partial charge in [-0.05, 0) is 25.9 Å². The molecule has 3 unspecified atom stereocenters. The number of hydrogen-bond acceptors (Lipinski definition) is 3. The lowest BCUT2D eigenvalue weighted by Crippen LogP contribution is -2.54. The summed E-state index contributed by atoms with van der Waals surface area (Å²) in [7, 11) is 2.17. The summed E-state index contributed by atoms with van der Waals surface area (Å²) < 4.78 is 0. The Kier molecular flexibility index (Phi) is 3.06. The largest absolute Gasteiger partial charge is 0.392 e. The molecular weight excluding hydrogens is 188 g/mol. The summed E-state index contributed by atoms with van der Waals surface area (Å²) in [6, 6.07) is 0. The normalized spacial score (nSPS) is 42.0. The molecule has 0 radical (unpaired) electrons. The predicted octanol–water partition coefficient (Wildman–Crippen LogP) is 0.545. The van der Waals surface area contributed by atoms with Gasteiger partial charge in [0, 0.05) is 31.0 Å². The van der Waals surface area contributed by atoms with E-state index in [0.29, 0.717) is 11.8 Å². The Morgan fingerprint density at radius 3 is 2.73 bits per heavy atom. The fourth-order valence-electron chi connectivity index (χ4n) is 3.10. The lowest BCUT2D eigenvalue weighted by molar-refractivity contribution is -0.0403. The van der Waals surface area contributed by atoms with Crippen LogP contribution in [0.5, 0.6) is 0 Å². The van der Waals surface area contributed by atoms with E-state index < -0.39 is 0 Å². The van der Waals surface area contributed by atoms with Crippen LogP contribution >= 0.6 is 0 Å². The molecule has 0 aromatic heterocycles. The van der Waals surface area contributed by atoms with Gasteiger partial charge in [0.15, 0.2) is 0 Å². The van der Waals surface area contributed by atoms with Crippen LogP contribution in [0, 0.1) is 17.3 Å². The molecule has 2 saturated heterocycles. The summed E-state index contributed by atoms with van der Waals surface area (Å²) in [5, 5.41) is 13.9. The van der Waals surface area contributed by atoms with Crippen LogP contribution in [0.25, 0.3) is 0 Å². The van der Waals surface area contributed by atoms with Crippen LogP contribution in [-0.2, 0) is 0 Å². The number of nitrogens with one attached hydrogen (secondary N) is 1. The number of aliphatic hydroxyl groups excluding tert-OH is 1. The first kappa shape index (κ1) is 11.4. The molecule has 88 valence electrons. The van der Waals surface area contributed by atoms with E-state index >= 15 is 0 Å². The van der Waals surface area contributed by atoms with E-state index in [2.05, 4.69) is 31.1 Å². The first-order valence-corrected chi connectivity index (χ1v) is 6.08. The third-order valence-electron chi connectivity index (χ3n) is 4.20. The summed E-state index contributed by atoms with van der Waals surface area (Å²) in [4.78, 5) is 2.37. The van der Waals surface area contributed by atoms with E-state index in [0.717, 1.165) is 19.6 Å². The molecule has 2 fully saturated rings. The van der Waals surface area contributed by atoms with Gasteiger partial charge in [0.25, 0.3) is 0 Å². The van der Waals surface area contributed by atoms with E-state index in [1.165, 1.54) is 13.0 Å². The van der Waals surface area contributed by atoms with Crippen molar-refractivity contribution in [3.8, 4) is 0 Å². The summed E-state index contributed by atoms with van der Waals surface area (Å²) >= 11 is 0. The molecule has 0 spiro atoms. The lowest BCUT2D eigenvalue weighted by Gasteiger charge is -2.43. The minimum absolute atomic E-state index is 0.0318. The van der Waals surface area contributed by atoms with Gasteiger partial charge in [-0.3, -0.25) is 0 Å². The van der Waals surface area contributed by atoms with Crippen LogP contribution < -0.4 is 5.32 Å². The molecule has 2 heterocycles. The minimum Gasteiger partial charge on any atom is -0.392 e. The van der Waals surface area contributed by atoms with Gasteiger partial charge >= 0.3 is 0 Å². The predicted molar refractivity (Wildman–Crippen MR) is 61.8 cm³/mol. The Hall–Kier alpha value is -0.120. The number of likely N-dealkylation sites (tertiary alicyclic amines) is 1. The highest BCUT2D eigenvalue weighted by Crippen LogP contribution is 2.35. The van der Waals surface area contributed by atoms with Gasteiger partial charge < -0.3 is 15.3 Å². The van der Waals surface area contributed by atoms with Crippen molar-refractivity contribution in [2.45, 2.75) is 26.4 Å². The van der Waals surface area contributed by atoms with Crippen molar-refractivity contribution in [3.05, 3.63) is 0 Å². The molecule has 3 nitrogen and oxygen atoms in total. The van der Waals surface area contributed by atoms with Gasteiger partial charge in [-0.2, -0.15) is 0 Å². The van der Waals surface area contributed by atoms with Crippen LogP contribution in [0.1, 0.15) is 20.3 Å². The van der Waals surface area contributed by atoms with Crippen molar-refractivity contribution >= 4 is 0 Å². The summed E-state index contributed by atoms with van der Waals surface area (Å²) in [5.41, 5.74) is 0.0318. The van der Waals surface area contributed by atoms with Crippen LogP contribution in [-0.4, -0.2) is 49.3 Å². The van der Waals surface area contributed by atoms with Crippen molar-refractivity contribution in [1.82, 2.24) is 10.2 Å². The van der Waals surface area contributed by atoms with Crippen molar-refractivity contribution in [2.75, 3.05) is 33.2 Å². The number of aliphatic hydroxyl groups is 1. The number of rotatable bonds is 1. The van der Waals surface area contributed by atoms with Crippen molar-refractivity contribution in [2.24, 2.45) is 17.3 Å². The fourth-order valence-corrected chi connectivity index (χ4v) is 3.10. The summed E-state index contributed by atoms with van der Waals surface area (Å²) in [6.07, 6.45) is 1.10. The van der Waals surface area contributed by atoms with Crippen molar-refractivity contribution in [3.63, 3.8) is 0 Å². The van der Waals surface area contributed by atoms with Gasteiger partial charge in [-0.15, -0.1) is 0 Å². The molecule has 0 aromatic rings. The summed E-state index contributed by atoms with van der Waals surface area (Å²) in [6.45, 7) is 8.59. The molecular formula is C12H24N2O. The zero-order valence-electron chi connectivity index (χ0n) is 10.2. The molecule has 2 aliphatic heterocycles. The van der Waals surface area contributed by atoms with E-state index in [4.69, 9.17) is 0 Å². The highest BCUT2D eigenvalue weighted by molar-refractivity contribution is 4.95. The average molecular weight is 212 g/mol. The molecule has 0 aliphatic carbocycles. The van der Waals surface area contributed by atoms with Crippen LogP contribution in [0.2, 0.25) is 0 Å². The van der Waals surface area contributed by atoms with E-state index in [-0.39, 0.29) is 11.5 Å². The van der Waals surface area contributed by atoms with Gasteiger partial charge in [0.2, 0.25) is 0 Å². The number of nitrogens with zero attached hydrogens (tertiary/aromatic N) is 1. The van der Waals surface area contributed by atoms with E-state index in [1.54, 1.807) is 0 Å². The first-order valence-electron chi connectivity index (χ1n) is 6.08. The zero-order chi connectivity index (χ0) is 11.1. The van der Waals surface area contributed by atoms with Crippen LogP contribution in [0.4, 0.5) is 0 Å². The average Bonchev–Trinajstić information content (AvgIpc) is 2.57. The van der Waals surface area contributed by atoms with Gasteiger partial charge in [-0.1, -0.05) is 13.8 Å². The van der Waals surface area contributed by atoms with Gasteiger partial charge in [0.05, 0.1) is 6.10 Å². The van der Waals surface area contributed by atoms with Crippen molar-refractivity contribution in [1.29, 1.82) is 0 Å². The highest BCUT2D eigenvalue weighted by Gasteiger charge is 2.42. The standard InChI is InChI=1S/C12H24N2O/c1-12(2)8-13-6-10(11(12)15)9-4-5-14(3)7-9/h9-11,13,15H,4-8H2,1-3H3. The maximum absolute atomic E-state index is 10.4. The third kappa shape index (κ3) is 2.19. The molecule has 2 aliphatic rings. The highest BCUT2D eigenvalue weighted by atomic mass is 16.3. The quantitative estimate of drug-likeness (QED) is 0.666. The second kappa shape index (κ2) is 4.04. The second-order valence-corrected chi connectivity index (χ2v) is 6.04. The molecule has 0 bridgehead atoms. The molecule has 0 saturated carbocycles. The topological polar surface area (TPSA) is 35.5 Å². The SMILES string of the molecule is CN1CCC(C2CNCC(C)(C)C2O)C1. The Labute approximate surface area is 92.8 Å². The molecule has 0 aromatic carbocycles. The number of piperidine rings is 1.